The Morgan fingerprint density at radius 2 is 1.88 bits per heavy atom. The molecule has 0 unspecified atom stereocenters. The van der Waals surface area contributed by atoms with Crippen molar-refractivity contribution in [2.75, 3.05) is 5.32 Å². The molecule has 2 aromatic carbocycles. The first-order valence-electron chi connectivity index (χ1n) is 8.16. The largest absolute Gasteiger partial charge is 0.486 e. The van der Waals surface area contributed by atoms with Gasteiger partial charge in [-0.2, -0.15) is 0 Å². The summed E-state index contributed by atoms with van der Waals surface area (Å²) in [7, 11) is 0. The van der Waals surface area contributed by atoms with Crippen LogP contribution < -0.4 is 10.1 Å². The SMILES string of the molecule is Cc1ccc(OCc2ccccc2NC(=O)OC(C)(C)C)c(F)c1C=O. The number of carbonyl (C=O) groups excluding carboxylic acids is 2. The third kappa shape index (κ3) is 5.05. The lowest BCUT2D eigenvalue weighted by atomic mass is 10.1. The second-order valence-electron chi connectivity index (χ2n) is 6.80. The molecule has 1 amide bonds. The zero-order valence-corrected chi connectivity index (χ0v) is 15.3. The molecule has 0 saturated carbocycles. The van der Waals surface area contributed by atoms with E-state index in [1.807, 2.05) is 0 Å². The molecule has 0 aliphatic heterocycles. The van der Waals surface area contributed by atoms with Crippen molar-refractivity contribution in [3.05, 3.63) is 58.9 Å². The van der Waals surface area contributed by atoms with Crippen molar-refractivity contribution in [2.24, 2.45) is 0 Å². The molecule has 2 rings (SSSR count). The summed E-state index contributed by atoms with van der Waals surface area (Å²) in [6, 6.07) is 10.1. The van der Waals surface area contributed by atoms with Crippen LogP contribution >= 0.6 is 0 Å². The highest BCUT2D eigenvalue weighted by Gasteiger charge is 2.17. The van der Waals surface area contributed by atoms with Crippen molar-refractivity contribution >= 4 is 18.1 Å². The Bertz CT molecular complexity index is 812. The molecule has 0 saturated heterocycles. The lowest BCUT2D eigenvalue weighted by Crippen LogP contribution is -2.27. The Labute approximate surface area is 152 Å². The van der Waals surface area contributed by atoms with Crippen LogP contribution in [0.2, 0.25) is 0 Å². The number of para-hydroxylation sites is 1. The molecule has 26 heavy (non-hydrogen) atoms. The number of aryl methyl sites for hydroxylation is 1. The number of anilines is 1. The van der Waals surface area contributed by atoms with Crippen molar-refractivity contribution in [1.29, 1.82) is 0 Å². The van der Waals surface area contributed by atoms with E-state index in [1.54, 1.807) is 58.0 Å². The minimum atomic E-state index is -0.697. The van der Waals surface area contributed by atoms with Gasteiger partial charge in [0.15, 0.2) is 17.9 Å². The van der Waals surface area contributed by atoms with E-state index in [4.69, 9.17) is 9.47 Å². The number of carbonyl (C=O) groups is 2. The Morgan fingerprint density at radius 3 is 2.54 bits per heavy atom. The van der Waals surface area contributed by atoms with Crippen LogP contribution in [0.5, 0.6) is 5.75 Å². The van der Waals surface area contributed by atoms with Gasteiger partial charge in [-0.25, -0.2) is 9.18 Å². The Kier molecular flexibility index (Phi) is 5.97. The number of hydrogen-bond acceptors (Lipinski definition) is 4. The van der Waals surface area contributed by atoms with Gasteiger partial charge >= 0.3 is 6.09 Å². The highest BCUT2D eigenvalue weighted by molar-refractivity contribution is 5.85. The average Bonchev–Trinajstić information content (AvgIpc) is 2.54. The molecular weight excluding hydrogens is 337 g/mol. The van der Waals surface area contributed by atoms with Crippen LogP contribution in [0, 0.1) is 12.7 Å². The number of aldehydes is 1. The average molecular weight is 359 g/mol. The van der Waals surface area contributed by atoms with Crippen LogP contribution in [0.1, 0.15) is 42.3 Å². The summed E-state index contributed by atoms with van der Waals surface area (Å²) in [5.74, 6) is -0.720. The topological polar surface area (TPSA) is 64.6 Å². The Balaban J connectivity index is 2.14. The lowest BCUT2D eigenvalue weighted by molar-refractivity contribution is 0.0635. The molecule has 138 valence electrons. The lowest BCUT2D eigenvalue weighted by Gasteiger charge is -2.20. The van der Waals surface area contributed by atoms with Gasteiger partial charge in [0.2, 0.25) is 0 Å². The van der Waals surface area contributed by atoms with Gasteiger partial charge in [-0.05, 0) is 45.4 Å². The predicted molar refractivity (Wildman–Crippen MR) is 97.2 cm³/mol. The molecule has 5 nitrogen and oxygen atoms in total. The zero-order valence-electron chi connectivity index (χ0n) is 15.3. The van der Waals surface area contributed by atoms with Crippen LogP contribution in [0.25, 0.3) is 0 Å². The summed E-state index contributed by atoms with van der Waals surface area (Å²) in [5.41, 5.74) is 1.04. The van der Waals surface area contributed by atoms with Crippen LogP contribution in [-0.2, 0) is 11.3 Å². The van der Waals surface area contributed by atoms with E-state index in [0.717, 1.165) is 0 Å². The van der Waals surface area contributed by atoms with E-state index < -0.39 is 17.5 Å². The molecular formula is C20H22FNO4. The van der Waals surface area contributed by atoms with E-state index in [2.05, 4.69) is 5.32 Å². The smallest absolute Gasteiger partial charge is 0.412 e. The van der Waals surface area contributed by atoms with Crippen molar-refractivity contribution < 1.29 is 23.5 Å². The van der Waals surface area contributed by atoms with Gasteiger partial charge in [0.25, 0.3) is 0 Å². The molecule has 0 bridgehead atoms. The molecule has 0 atom stereocenters. The van der Waals surface area contributed by atoms with Crippen LogP contribution in [0.3, 0.4) is 0 Å². The van der Waals surface area contributed by atoms with Gasteiger partial charge in [0, 0.05) is 5.56 Å². The number of rotatable bonds is 5. The summed E-state index contributed by atoms with van der Waals surface area (Å²) in [4.78, 5) is 23.0. The number of amides is 1. The first-order valence-corrected chi connectivity index (χ1v) is 8.16. The maximum absolute atomic E-state index is 14.3. The summed E-state index contributed by atoms with van der Waals surface area (Å²) < 4.78 is 25.0. The minimum Gasteiger partial charge on any atom is -0.486 e. The monoisotopic (exact) mass is 359 g/mol. The van der Waals surface area contributed by atoms with Gasteiger partial charge in [-0.1, -0.05) is 24.3 Å². The fourth-order valence-electron chi connectivity index (χ4n) is 2.26. The quantitative estimate of drug-likeness (QED) is 0.773. The van der Waals surface area contributed by atoms with E-state index in [-0.39, 0.29) is 17.9 Å². The first-order chi connectivity index (χ1) is 12.2. The number of halogens is 1. The molecule has 0 aromatic heterocycles. The fraction of sp³-hybridized carbons (Fsp3) is 0.300. The standard InChI is InChI=1S/C20H22FNO4/c1-13-9-10-17(18(21)15(13)11-23)25-12-14-7-5-6-8-16(14)22-19(24)26-20(2,3)4/h5-11H,12H2,1-4H3,(H,22,24). The van der Waals surface area contributed by atoms with Gasteiger partial charge in [-0.15, -0.1) is 0 Å². The highest BCUT2D eigenvalue weighted by atomic mass is 19.1. The van der Waals surface area contributed by atoms with Gasteiger partial charge in [-0.3, -0.25) is 10.1 Å². The first kappa shape index (κ1) is 19.4. The van der Waals surface area contributed by atoms with E-state index in [1.165, 1.54) is 6.07 Å². The maximum atomic E-state index is 14.3. The molecule has 0 fully saturated rings. The zero-order chi connectivity index (χ0) is 19.3. The van der Waals surface area contributed by atoms with Gasteiger partial charge < -0.3 is 9.47 Å². The second kappa shape index (κ2) is 7.99. The summed E-state index contributed by atoms with van der Waals surface area (Å²) >= 11 is 0. The minimum absolute atomic E-state index is 0.0181. The number of hydrogen-bond donors (Lipinski definition) is 1. The number of nitrogens with one attached hydrogen (secondary N) is 1. The normalized spacial score (nSPS) is 11.0. The molecule has 0 radical (unpaired) electrons. The molecule has 0 heterocycles. The summed E-state index contributed by atoms with van der Waals surface area (Å²) in [6.45, 7) is 6.98. The van der Waals surface area contributed by atoms with Crippen molar-refractivity contribution in [2.45, 2.75) is 39.9 Å². The molecule has 6 heteroatoms. The molecule has 1 N–H and O–H groups in total. The Morgan fingerprint density at radius 1 is 1.19 bits per heavy atom. The van der Waals surface area contributed by atoms with Gasteiger partial charge in [0.1, 0.15) is 12.2 Å². The van der Waals surface area contributed by atoms with E-state index in [0.29, 0.717) is 23.1 Å². The summed E-state index contributed by atoms with van der Waals surface area (Å²) in [5, 5.41) is 2.66. The van der Waals surface area contributed by atoms with Crippen LogP contribution in [-0.4, -0.2) is 18.0 Å². The summed E-state index contributed by atoms with van der Waals surface area (Å²) in [6.07, 6.45) is -0.120. The number of ether oxygens (including phenoxy) is 2. The van der Waals surface area contributed by atoms with E-state index >= 15 is 0 Å². The molecule has 2 aromatic rings. The van der Waals surface area contributed by atoms with Crippen LogP contribution in [0.15, 0.2) is 36.4 Å². The second-order valence-corrected chi connectivity index (χ2v) is 6.80. The molecule has 0 spiro atoms. The third-order valence-corrected chi connectivity index (χ3v) is 3.52. The highest BCUT2D eigenvalue weighted by Crippen LogP contribution is 2.25. The van der Waals surface area contributed by atoms with Crippen LogP contribution in [0.4, 0.5) is 14.9 Å². The van der Waals surface area contributed by atoms with E-state index in [9.17, 15) is 14.0 Å². The maximum Gasteiger partial charge on any atom is 0.412 e. The van der Waals surface area contributed by atoms with Crippen molar-refractivity contribution in [3.63, 3.8) is 0 Å². The van der Waals surface area contributed by atoms with Crippen molar-refractivity contribution in [1.82, 2.24) is 0 Å². The molecule has 0 aliphatic rings. The fourth-order valence-corrected chi connectivity index (χ4v) is 2.26. The van der Waals surface area contributed by atoms with Gasteiger partial charge in [0.05, 0.1) is 11.3 Å². The van der Waals surface area contributed by atoms with Crippen molar-refractivity contribution in [3.8, 4) is 5.75 Å². The predicted octanol–water partition coefficient (Wildman–Crippen LogP) is 4.87. The number of benzene rings is 2. The third-order valence-electron chi connectivity index (χ3n) is 3.52. The molecule has 0 aliphatic carbocycles. The Hall–Kier alpha value is -2.89.